The molecular formula is C14H23N3O4. The van der Waals surface area contributed by atoms with Gasteiger partial charge in [-0.2, -0.15) is 0 Å². The molecule has 2 rings (SSSR count). The van der Waals surface area contributed by atoms with Crippen molar-refractivity contribution in [1.29, 1.82) is 0 Å². The highest BCUT2D eigenvalue weighted by Gasteiger charge is 2.45. The van der Waals surface area contributed by atoms with Crippen LogP contribution in [-0.4, -0.2) is 64.5 Å². The summed E-state index contributed by atoms with van der Waals surface area (Å²) < 4.78 is 0. The summed E-state index contributed by atoms with van der Waals surface area (Å²) in [6, 6.07) is -0.512. The second-order valence-electron chi connectivity index (χ2n) is 6.31. The lowest BCUT2D eigenvalue weighted by Crippen LogP contribution is -2.47. The first-order valence-corrected chi connectivity index (χ1v) is 7.38. The van der Waals surface area contributed by atoms with Crippen molar-refractivity contribution in [2.45, 2.75) is 38.6 Å². The maximum Gasteiger partial charge on any atom is 0.325 e. The molecule has 0 aromatic carbocycles. The Balaban J connectivity index is 1.95. The number of imide groups is 1. The predicted molar refractivity (Wildman–Crippen MR) is 75.3 cm³/mol. The summed E-state index contributed by atoms with van der Waals surface area (Å²) in [5.41, 5.74) is -0.946. The highest BCUT2D eigenvalue weighted by molar-refractivity contribution is 6.08. The molecule has 0 bridgehead atoms. The monoisotopic (exact) mass is 297 g/mol. The Kier molecular flexibility index (Phi) is 4.51. The molecule has 1 atom stereocenters. The summed E-state index contributed by atoms with van der Waals surface area (Å²) in [4.78, 5) is 38.8. The normalized spacial score (nSPS) is 25.2. The Labute approximate surface area is 124 Å². The maximum atomic E-state index is 12.3. The predicted octanol–water partition coefficient (Wildman–Crippen LogP) is -0.0622. The van der Waals surface area contributed by atoms with Gasteiger partial charge in [0.1, 0.15) is 12.1 Å². The van der Waals surface area contributed by atoms with Crippen LogP contribution in [0.4, 0.5) is 4.79 Å². The van der Waals surface area contributed by atoms with Crippen LogP contribution in [-0.2, 0) is 9.59 Å². The molecule has 1 unspecified atom stereocenters. The first-order valence-electron chi connectivity index (χ1n) is 7.38. The number of urea groups is 1. The van der Waals surface area contributed by atoms with Gasteiger partial charge in [0, 0.05) is 19.7 Å². The van der Waals surface area contributed by atoms with Gasteiger partial charge in [0.2, 0.25) is 5.91 Å². The molecule has 2 aliphatic rings. The minimum absolute atomic E-state index is 0.119. The summed E-state index contributed by atoms with van der Waals surface area (Å²) >= 11 is 0. The van der Waals surface area contributed by atoms with Crippen LogP contribution in [0.2, 0.25) is 0 Å². The maximum absolute atomic E-state index is 12.3. The standard InChI is InChI=1S/C14H23N3O4/c1-14(2)12(20)17(13(21)15-14)9-11(19)16-6-3-4-10(8-16)5-7-18/h10,18H,3-9H2,1-2H3,(H,15,21). The van der Waals surface area contributed by atoms with Crippen LogP contribution in [0, 0.1) is 5.92 Å². The zero-order valence-corrected chi connectivity index (χ0v) is 12.6. The molecular weight excluding hydrogens is 274 g/mol. The van der Waals surface area contributed by atoms with Gasteiger partial charge < -0.3 is 15.3 Å². The van der Waals surface area contributed by atoms with Crippen LogP contribution >= 0.6 is 0 Å². The van der Waals surface area contributed by atoms with E-state index in [0.29, 0.717) is 25.4 Å². The Morgan fingerprint density at radius 1 is 1.43 bits per heavy atom. The summed E-state index contributed by atoms with van der Waals surface area (Å²) in [6.07, 6.45) is 2.57. The minimum atomic E-state index is -0.946. The van der Waals surface area contributed by atoms with Crippen molar-refractivity contribution >= 4 is 17.8 Å². The molecule has 118 valence electrons. The van der Waals surface area contributed by atoms with Gasteiger partial charge in [0.15, 0.2) is 0 Å². The number of hydrogen-bond acceptors (Lipinski definition) is 4. The lowest BCUT2D eigenvalue weighted by Gasteiger charge is -2.33. The number of likely N-dealkylation sites (tertiary alicyclic amines) is 1. The van der Waals surface area contributed by atoms with E-state index in [4.69, 9.17) is 5.11 Å². The van der Waals surface area contributed by atoms with Crippen LogP contribution in [0.1, 0.15) is 33.1 Å². The van der Waals surface area contributed by atoms with Crippen LogP contribution in [0.3, 0.4) is 0 Å². The number of aliphatic hydroxyl groups excluding tert-OH is 1. The fraction of sp³-hybridized carbons (Fsp3) is 0.786. The Bertz CT molecular complexity index is 448. The SMILES string of the molecule is CC1(C)NC(=O)N(CC(=O)N2CCCC(CCO)C2)C1=O. The average molecular weight is 297 g/mol. The molecule has 2 heterocycles. The Morgan fingerprint density at radius 2 is 2.14 bits per heavy atom. The number of piperidine rings is 1. The van der Waals surface area contributed by atoms with Crippen molar-refractivity contribution in [3.05, 3.63) is 0 Å². The van der Waals surface area contributed by atoms with Gasteiger partial charge in [-0.3, -0.25) is 14.5 Å². The van der Waals surface area contributed by atoms with Gasteiger partial charge in [-0.1, -0.05) is 0 Å². The molecule has 0 aromatic heterocycles. The van der Waals surface area contributed by atoms with E-state index in [1.54, 1.807) is 18.7 Å². The second kappa shape index (κ2) is 6.01. The van der Waals surface area contributed by atoms with E-state index in [1.807, 2.05) is 0 Å². The fourth-order valence-corrected chi connectivity index (χ4v) is 2.91. The molecule has 0 aliphatic carbocycles. The van der Waals surface area contributed by atoms with E-state index < -0.39 is 11.6 Å². The minimum Gasteiger partial charge on any atom is -0.396 e. The van der Waals surface area contributed by atoms with Crippen molar-refractivity contribution in [3.8, 4) is 0 Å². The Hall–Kier alpha value is -1.63. The number of rotatable bonds is 4. The van der Waals surface area contributed by atoms with Gasteiger partial charge in [-0.15, -0.1) is 0 Å². The largest absolute Gasteiger partial charge is 0.396 e. The number of carbonyl (C=O) groups excluding carboxylic acids is 3. The first-order chi connectivity index (χ1) is 9.85. The van der Waals surface area contributed by atoms with Gasteiger partial charge in [-0.05, 0) is 39.0 Å². The number of aliphatic hydroxyl groups is 1. The molecule has 0 saturated carbocycles. The number of amides is 4. The zero-order chi connectivity index (χ0) is 15.6. The number of hydrogen-bond donors (Lipinski definition) is 2. The topological polar surface area (TPSA) is 90.0 Å². The van der Waals surface area contributed by atoms with Crippen molar-refractivity contribution in [1.82, 2.24) is 15.1 Å². The number of nitrogens with one attached hydrogen (secondary N) is 1. The lowest BCUT2D eigenvalue weighted by atomic mass is 9.95. The summed E-state index contributed by atoms with van der Waals surface area (Å²) in [5, 5.41) is 11.6. The summed E-state index contributed by atoms with van der Waals surface area (Å²) in [5.74, 6) is -0.282. The molecule has 4 amide bonds. The van der Waals surface area contributed by atoms with Crippen molar-refractivity contribution in [2.75, 3.05) is 26.2 Å². The quantitative estimate of drug-likeness (QED) is 0.711. The van der Waals surface area contributed by atoms with Crippen LogP contribution in [0.5, 0.6) is 0 Å². The van der Waals surface area contributed by atoms with Crippen molar-refractivity contribution < 1.29 is 19.5 Å². The molecule has 2 saturated heterocycles. The molecule has 0 spiro atoms. The smallest absolute Gasteiger partial charge is 0.325 e. The lowest BCUT2D eigenvalue weighted by molar-refractivity contribution is -0.139. The van der Waals surface area contributed by atoms with Gasteiger partial charge in [0.05, 0.1) is 0 Å². The molecule has 2 fully saturated rings. The zero-order valence-electron chi connectivity index (χ0n) is 12.6. The molecule has 7 heteroatoms. The third kappa shape index (κ3) is 3.34. The van der Waals surface area contributed by atoms with Crippen LogP contribution < -0.4 is 5.32 Å². The number of nitrogens with zero attached hydrogens (tertiary/aromatic N) is 2. The molecule has 2 N–H and O–H groups in total. The van der Waals surface area contributed by atoms with Crippen LogP contribution in [0.15, 0.2) is 0 Å². The van der Waals surface area contributed by atoms with E-state index in [2.05, 4.69) is 5.32 Å². The molecule has 2 aliphatic heterocycles. The second-order valence-corrected chi connectivity index (χ2v) is 6.31. The van der Waals surface area contributed by atoms with Crippen molar-refractivity contribution in [2.24, 2.45) is 5.92 Å². The van der Waals surface area contributed by atoms with Gasteiger partial charge in [0.25, 0.3) is 5.91 Å². The third-order valence-corrected chi connectivity index (χ3v) is 4.15. The van der Waals surface area contributed by atoms with E-state index in [0.717, 1.165) is 17.7 Å². The third-order valence-electron chi connectivity index (χ3n) is 4.15. The van der Waals surface area contributed by atoms with E-state index in [9.17, 15) is 14.4 Å². The highest BCUT2D eigenvalue weighted by Crippen LogP contribution is 2.21. The van der Waals surface area contributed by atoms with E-state index in [-0.39, 0.29) is 25.0 Å². The van der Waals surface area contributed by atoms with E-state index >= 15 is 0 Å². The molecule has 21 heavy (non-hydrogen) atoms. The fourth-order valence-electron chi connectivity index (χ4n) is 2.91. The highest BCUT2D eigenvalue weighted by atomic mass is 16.3. The van der Waals surface area contributed by atoms with Crippen LogP contribution in [0.25, 0.3) is 0 Å². The van der Waals surface area contributed by atoms with Gasteiger partial charge >= 0.3 is 6.03 Å². The number of carbonyl (C=O) groups is 3. The van der Waals surface area contributed by atoms with Gasteiger partial charge in [-0.25, -0.2) is 4.79 Å². The summed E-state index contributed by atoms with van der Waals surface area (Å²) in [7, 11) is 0. The average Bonchev–Trinajstić information content (AvgIpc) is 2.61. The molecule has 0 radical (unpaired) electrons. The Morgan fingerprint density at radius 3 is 2.71 bits per heavy atom. The molecule has 7 nitrogen and oxygen atoms in total. The van der Waals surface area contributed by atoms with E-state index in [1.165, 1.54) is 0 Å². The van der Waals surface area contributed by atoms with Crippen molar-refractivity contribution in [3.63, 3.8) is 0 Å². The first kappa shape index (κ1) is 15.8. The summed E-state index contributed by atoms with van der Waals surface area (Å²) in [6.45, 7) is 4.39. The molecule has 0 aromatic rings.